The summed E-state index contributed by atoms with van der Waals surface area (Å²) in [4.78, 5) is 8.40. The zero-order valence-corrected chi connectivity index (χ0v) is 9.11. The summed E-state index contributed by atoms with van der Waals surface area (Å²) in [5, 5.41) is 4.29. The minimum Gasteiger partial charge on any atom is -0.370 e. The standard InChI is InChI=1S/C9H15N3S/c1-4-10-8-7(3)9(13-5-2)12-6-11-8/h6H,4-5H2,1-3H3,(H,10,11,12). The van der Waals surface area contributed by atoms with E-state index in [0.29, 0.717) is 0 Å². The lowest BCUT2D eigenvalue weighted by molar-refractivity contribution is 0.991. The second kappa shape index (κ2) is 5.07. The lowest BCUT2D eigenvalue weighted by Crippen LogP contribution is -2.03. The fourth-order valence-corrected chi connectivity index (χ4v) is 1.77. The van der Waals surface area contributed by atoms with Crippen LogP contribution in [0.15, 0.2) is 11.4 Å². The Morgan fingerprint density at radius 2 is 2.15 bits per heavy atom. The first-order valence-electron chi connectivity index (χ1n) is 4.47. The highest BCUT2D eigenvalue weighted by atomic mass is 32.2. The molecule has 1 aromatic heterocycles. The first-order valence-corrected chi connectivity index (χ1v) is 5.46. The predicted molar refractivity (Wildman–Crippen MR) is 57.3 cm³/mol. The number of nitrogens with one attached hydrogen (secondary N) is 1. The van der Waals surface area contributed by atoms with Gasteiger partial charge in [-0.15, -0.1) is 11.8 Å². The van der Waals surface area contributed by atoms with E-state index in [1.807, 2.05) is 0 Å². The third-order valence-corrected chi connectivity index (χ3v) is 2.64. The summed E-state index contributed by atoms with van der Waals surface area (Å²) in [5.74, 6) is 2.00. The summed E-state index contributed by atoms with van der Waals surface area (Å²) in [7, 11) is 0. The number of thioether (sulfide) groups is 1. The summed E-state index contributed by atoms with van der Waals surface area (Å²) < 4.78 is 0. The molecule has 0 bridgehead atoms. The van der Waals surface area contributed by atoms with E-state index in [1.165, 1.54) is 0 Å². The van der Waals surface area contributed by atoms with Crippen LogP contribution in [0.1, 0.15) is 19.4 Å². The summed E-state index contributed by atoms with van der Waals surface area (Å²) in [5.41, 5.74) is 1.15. The third kappa shape index (κ3) is 2.59. The van der Waals surface area contributed by atoms with Gasteiger partial charge in [0.1, 0.15) is 17.2 Å². The summed E-state index contributed by atoms with van der Waals surface area (Å²) in [6, 6.07) is 0. The van der Waals surface area contributed by atoms with Crippen molar-refractivity contribution in [3.8, 4) is 0 Å². The molecule has 0 fully saturated rings. The summed E-state index contributed by atoms with van der Waals surface area (Å²) in [6.07, 6.45) is 1.61. The minimum absolute atomic E-state index is 0.897. The quantitative estimate of drug-likeness (QED) is 0.594. The molecule has 0 spiro atoms. The molecule has 72 valence electrons. The molecular weight excluding hydrogens is 182 g/mol. The van der Waals surface area contributed by atoms with Crippen molar-refractivity contribution in [2.24, 2.45) is 0 Å². The van der Waals surface area contributed by atoms with Gasteiger partial charge in [0.05, 0.1) is 0 Å². The molecule has 0 radical (unpaired) electrons. The van der Waals surface area contributed by atoms with Crippen LogP contribution in [-0.2, 0) is 0 Å². The van der Waals surface area contributed by atoms with Crippen molar-refractivity contribution in [1.29, 1.82) is 0 Å². The van der Waals surface area contributed by atoms with Crippen molar-refractivity contribution < 1.29 is 0 Å². The molecule has 0 unspecified atom stereocenters. The van der Waals surface area contributed by atoms with Gasteiger partial charge in [-0.25, -0.2) is 9.97 Å². The molecule has 0 amide bonds. The van der Waals surface area contributed by atoms with Gasteiger partial charge in [-0.2, -0.15) is 0 Å². The Labute approximate surface area is 83.4 Å². The third-order valence-electron chi connectivity index (χ3n) is 1.66. The Morgan fingerprint density at radius 1 is 1.38 bits per heavy atom. The average Bonchev–Trinajstić information content (AvgIpc) is 2.13. The van der Waals surface area contributed by atoms with E-state index >= 15 is 0 Å². The molecule has 1 heterocycles. The number of hydrogen-bond acceptors (Lipinski definition) is 4. The molecule has 1 aromatic rings. The van der Waals surface area contributed by atoms with E-state index in [0.717, 1.165) is 28.7 Å². The fourth-order valence-electron chi connectivity index (χ4n) is 1.06. The molecule has 0 aliphatic heterocycles. The Hall–Kier alpha value is -0.770. The maximum absolute atomic E-state index is 4.22. The second-order valence-corrected chi connectivity index (χ2v) is 3.87. The summed E-state index contributed by atoms with van der Waals surface area (Å²) in [6.45, 7) is 7.14. The minimum atomic E-state index is 0.897. The molecule has 13 heavy (non-hydrogen) atoms. The van der Waals surface area contributed by atoms with E-state index in [9.17, 15) is 0 Å². The van der Waals surface area contributed by atoms with Crippen molar-refractivity contribution in [1.82, 2.24) is 9.97 Å². The Balaban J connectivity index is 2.89. The molecule has 0 aromatic carbocycles. The average molecular weight is 197 g/mol. The molecule has 1 N–H and O–H groups in total. The summed E-state index contributed by atoms with van der Waals surface area (Å²) >= 11 is 1.75. The van der Waals surface area contributed by atoms with Crippen molar-refractivity contribution >= 4 is 17.6 Å². The van der Waals surface area contributed by atoms with Gasteiger partial charge < -0.3 is 5.32 Å². The van der Waals surface area contributed by atoms with Crippen molar-refractivity contribution in [2.45, 2.75) is 25.8 Å². The van der Waals surface area contributed by atoms with Crippen LogP contribution in [0, 0.1) is 6.92 Å². The molecule has 4 heteroatoms. The number of hydrogen-bond donors (Lipinski definition) is 1. The number of nitrogens with zero attached hydrogens (tertiary/aromatic N) is 2. The normalized spacial score (nSPS) is 10.1. The molecular formula is C9H15N3S. The molecule has 0 aliphatic rings. The van der Waals surface area contributed by atoms with Gasteiger partial charge in [0, 0.05) is 12.1 Å². The van der Waals surface area contributed by atoms with Crippen LogP contribution in [0.5, 0.6) is 0 Å². The zero-order chi connectivity index (χ0) is 9.68. The maximum atomic E-state index is 4.22. The SMILES string of the molecule is CCNc1ncnc(SCC)c1C. The smallest absolute Gasteiger partial charge is 0.133 e. The first-order chi connectivity index (χ1) is 6.29. The van der Waals surface area contributed by atoms with E-state index in [-0.39, 0.29) is 0 Å². The van der Waals surface area contributed by atoms with E-state index in [1.54, 1.807) is 18.1 Å². The van der Waals surface area contributed by atoms with Crippen LogP contribution in [0.4, 0.5) is 5.82 Å². The molecule has 3 nitrogen and oxygen atoms in total. The molecule has 0 aliphatic carbocycles. The fraction of sp³-hybridized carbons (Fsp3) is 0.556. The first kappa shape index (κ1) is 10.3. The number of aromatic nitrogens is 2. The largest absolute Gasteiger partial charge is 0.370 e. The van der Waals surface area contributed by atoms with Gasteiger partial charge in [0.15, 0.2) is 0 Å². The number of rotatable bonds is 4. The molecule has 0 saturated heterocycles. The monoisotopic (exact) mass is 197 g/mol. The molecule has 0 saturated carbocycles. The lowest BCUT2D eigenvalue weighted by Gasteiger charge is -2.08. The van der Waals surface area contributed by atoms with E-state index in [2.05, 4.69) is 36.1 Å². The van der Waals surface area contributed by atoms with Gasteiger partial charge >= 0.3 is 0 Å². The number of anilines is 1. The van der Waals surface area contributed by atoms with Crippen molar-refractivity contribution in [3.05, 3.63) is 11.9 Å². The molecule has 1 rings (SSSR count). The van der Waals surface area contributed by atoms with Gasteiger partial charge in [-0.1, -0.05) is 6.92 Å². The van der Waals surface area contributed by atoms with Crippen molar-refractivity contribution in [3.63, 3.8) is 0 Å². The van der Waals surface area contributed by atoms with Crippen molar-refractivity contribution in [2.75, 3.05) is 17.6 Å². The zero-order valence-electron chi connectivity index (χ0n) is 8.29. The highest BCUT2D eigenvalue weighted by Gasteiger charge is 2.04. The van der Waals surface area contributed by atoms with Gasteiger partial charge in [-0.3, -0.25) is 0 Å². The van der Waals surface area contributed by atoms with Crippen LogP contribution in [0.2, 0.25) is 0 Å². The second-order valence-electron chi connectivity index (χ2n) is 2.62. The highest BCUT2D eigenvalue weighted by Crippen LogP contribution is 2.22. The van der Waals surface area contributed by atoms with Gasteiger partial charge in [0.25, 0.3) is 0 Å². The molecule has 0 atom stereocenters. The van der Waals surface area contributed by atoms with Crippen LogP contribution in [0.25, 0.3) is 0 Å². The lowest BCUT2D eigenvalue weighted by atomic mass is 10.3. The Bertz CT molecular complexity index is 251. The topological polar surface area (TPSA) is 37.8 Å². The van der Waals surface area contributed by atoms with Crippen LogP contribution < -0.4 is 5.32 Å². The Morgan fingerprint density at radius 3 is 2.77 bits per heavy atom. The van der Waals surface area contributed by atoms with Crippen LogP contribution in [-0.4, -0.2) is 22.3 Å². The maximum Gasteiger partial charge on any atom is 0.133 e. The van der Waals surface area contributed by atoms with E-state index < -0.39 is 0 Å². The Kier molecular flexibility index (Phi) is 4.02. The van der Waals surface area contributed by atoms with Gasteiger partial charge in [0.2, 0.25) is 0 Å². The van der Waals surface area contributed by atoms with E-state index in [4.69, 9.17) is 0 Å². The highest BCUT2D eigenvalue weighted by molar-refractivity contribution is 7.99. The van der Waals surface area contributed by atoms with Gasteiger partial charge in [-0.05, 0) is 19.6 Å². The van der Waals surface area contributed by atoms with Crippen LogP contribution >= 0.6 is 11.8 Å². The predicted octanol–water partition coefficient (Wildman–Crippen LogP) is 2.33. The van der Waals surface area contributed by atoms with Crippen LogP contribution in [0.3, 0.4) is 0 Å².